The lowest BCUT2D eigenvalue weighted by Gasteiger charge is -2.41. The molecule has 4 nitrogen and oxygen atoms in total. The summed E-state index contributed by atoms with van der Waals surface area (Å²) >= 11 is 0. The van der Waals surface area contributed by atoms with Crippen LogP contribution < -0.4 is 20.7 Å². The number of furan rings is 1. The third-order valence-corrected chi connectivity index (χ3v) is 13.2. The van der Waals surface area contributed by atoms with E-state index in [1.54, 1.807) is 0 Å². The number of anilines is 6. The SMILES string of the molecule is CC(C)(C)c1ccc(N(c2ccc(C(C)(C)C)cc2)c2ccc3c(c2)N(c2ccccc2)c2cc(C(C)(C)C)cc4c2B3n2c3oc5ccccc5c3c3cccc-4c32)cc1. The fourth-order valence-electron chi connectivity index (χ4n) is 9.97. The zero-order valence-electron chi connectivity index (χ0n) is 36.8. The fraction of sp³-hybridized carbons (Fsp3) is 0.214. The monoisotopic (exact) mass is 793 g/mol. The predicted molar refractivity (Wildman–Crippen MR) is 261 cm³/mol. The molecule has 0 radical (unpaired) electrons. The maximum atomic E-state index is 6.95. The molecule has 7 aromatic carbocycles. The van der Waals surface area contributed by atoms with Gasteiger partial charge in [0.2, 0.25) is 0 Å². The molecule has 0 N–H and O–H groups in total. The van der Waals surface area contributed by atoms with Crippen LogP contribution in [0.2, 0.25) is 0 Å². The van der Waals surface area contributed by atoms with Gasteiger partial charge in [0, 0.05) is 56.0 Å². The first-order valence-corrected chi connectivity index (χ1v) is 21.8. The second-order valence-electron chi connectivity index (χ2n) is 20.3. The predicted octanol–water partition coefficient (Wildman–Crippen LogP) is 14.3. The second kappa shape index (κ2) is 13.0. The molecule has 2 aliphatic rings. The molecule has 2 aromatic heterocycles. The van der Waals surface area contributed by atoms with Gasteiger partial charge in [-0.15, -0.1) is 0 Å². The standard InChI is InChI=1S/C56H52BN3O/c1-54(2,3)35-22-26-39(27-23-35)58(40-28-24-36(25-29-40)55(4,5)6)41-30-31-46-47(34-41)59(38-16-11-10-12-17-38)48-33-37(56(7,8)9)32-45-42-19-15-20-44-50-43-18-13-14-21-49(43)61-53(50)60(52(42)44)57(46)51(45)48/h10-34H,1-9H3. The first-order valence-electron chi connectivity index (χ1n) is 21.8. The summed E-state index contributed by atoms with van der Waals surface area (Å²) in [5.41, 5.74) is 19.0. The third kappa shape index (κ3) is 5.73. The summed E-state index contributed by atoms with van der Waals surface area (Å²) in [6.45, 7) is 20.6. The van der Waals surface area contributed by atoms with E-state index in [9.17, 15) is 0 Å². The first-order chi connectivity index (χ1) is 29.2. The van der Waals surface area contributed by atoms with Crippen molar-refractivity contribution in [1.82, 2.24) is 4.48 Å². The minimum atomic E-state index is -0.121. The maximum Gasteiger partial charge on any atom is 0.336 e. The molecule has 2 aliphatic heterocycles. The number of hydrogen-bond donors (Lipinski definition) is 0. The topological polar surface area (TPSA) is 24.6 Å². The Labute approximate surface area is 360 Å². The van der Waals surface area contributed by atoms with E-state index in [2.05, 4.69) is 228 Å². The van der Waals surface area contributed by atoms with E-state index < -0.39 is 0 Å². The van der Waals surface area contributed by atoms with Crippen LogP contribution in [0, 0.1) is 0 Å². The van der Waals surface area contributed by atoms with Gasteiger partial charge in [-0.1, -0.05) is 153 Å². The van der Waals surface area contributed by atoms with Crippen molar-refractivity contribution >= 4 is 84.9 Å². The molecule has 0 aliphatic carbocycles. The van der Waals surface area contributed by atoms with Crippen LogP contribution in [0.5, 0.6) is 0 Å². The Morgan fingerprint density at radius 3 is 1.72 bits per heavy atom. The normalized spacial score (nSPS) is 13.6. The van der Waals surface area contributed by atoms with Gasteiger partial charge in [0.05, 0.1) is 5.39 Å². The summed E-state index contributed by atoms with van der Waals surface area (Å²) < 4.78 is 9.48. The van der Waals surface area contributed by atoms with Crippen molar-refractivity contribution in [2.75, 3.05) is 9.80 Å². The van der Waals surface area contributed by atoms with Crippen LogP contribution in [-0.4, -0.2) is 11.3 Å². The molecule has 5 heteroatoms. The van der Waals surface area contributed by atoms with Gasteiger partial charge >= 0.3 is 6.85 Å². The molecule has 0 bridgehead atoms. The average Bonchev–Trinajstić information content (AvgIpc) is 3.77. The summed E-state index contributed by atoms with van der Waals surface area (Å²) in [7, 11) is 0. The van der Waals surface area contributed by atoms with Crippen molar-refractivity contribution in [3.05, 3.63) is 168 Å². The van der Waals surface area contributed by atoms with Crippen LogP contribution in [0.1, 0.15) is 79.0 Å². The summed E-state index contributed by atoms with van der Waals surface area (Å²) in [5.74, 6) is 0. The average molecular weight is 794 g/mol. The van der Waals surface area contributed by atoms with E-state index in [1.165, 1.54) is 60.7 Å². The Balaban J connectivity index is 1.22. The molecule has 61 heavy (non-hydrogen) atoms. The van der Waals surface area contributed by atoms with Crippen molar-refractivity contribution in [3.63, 3.8) is 0 Å². The zero-order chi connectivity index (χ0) is 42.2. The molecule has 0 unspecified atom stereocenters. The van der Waals surface area contributed by atoms with Gasteiger partial charge in [-0.2, -0.15) is 0 Å². The number of benzene rings is 7. The van der Waals surface area contributed by atoms with Crippen LogP contribution in [0.25, 0.3) is 44.1 Å². The van der Waals surface area contributed by atoms with E-state index in [-0.39, 0.29) is 23.1 Å². The quantitative estimate of drug-likeness (QED) is 0.166. The largest absolute Gasteiger partial charge is 0.441 e. The lowest BCUT2D eigenvalue weighted by atomic mass is 9.45. The molecule has 4 heterocycles. The van der Waals surface area contributed by atoms with E-state index in [4.69, 9.17) is 4.42 Å². The highest BCUT2D eigenvalue weighted by Crippen LogP contribution is 2.49. The highest BCUT2D eigenvalue weighted by molar-refractivity contribution is 6.90. The van der Waals surface area contributed by atoms with Gasteiger partial charge in [0.15, 0.2) is 5.71 Å². The van der Waals surface area contributed by atoms with Gasteiger partial charge < -0.3 is 18.7 Å². The van der Waals surface area contributed by atoms with E-state index >= 15 is 0 Å². The number of nitrogens with zero attached hydrogens (tertiary/aromatic N) is 3. The van der Waals surface area contributed by atoms with E-state index in [0.717, 1.165) is 45.1 Å². The van der Waals surface area contributed by atoms with Crippen molar-refractivity contribution < 1.29 is 4.42 Å². The fourth-order valence-corrected chi connectivity index (χ4v) is 9.97. The lowest BCUT2D eigenvalue weighted by Crippen LogP contribution is -2.56. The Kier molecular flexibility index (Phi) is 8.01. The summed E-state index contributed by atoms with van der Waals surface area (Å²) in [5, 5.41) is 3.57. The number of aromatic nitrogens is 1. The molecule has 0 amide bonds. The van der Waals surface area contributed by atoms with Gasteiger partial charge in [-0.05, 0) is 110 Å². The molecule has 300 valence electrons. The summed E-state index contributed by atoms with van der Waals surface area (Å²) in [6.07, 6.45) is 0. The van der Waals surface area contributed by atoms with Crippen LogP contribution in [0.4, 0.5) is 34.1 Å². The van der Waals surface area contributed by atoms with E-state index in [0.29, 0.717) is 0 Å². The number of rotatable bonds is 4. The molecule has 0 atom stereocenters. The Morgan fingerprint density at radius 1 is 0.492 bits per heavy atom. The molecule has 11 rings (SSSR count). The molecule has 0 spiro atoms. The van der Waals surface area contributed by atoms with Crippen LogP contribution in [-0.2, 0) is 16.2 Å². The molecular formula is C56H52BN3O. The van der Waals surface area contributed by atoms with E-state index in [1.807, 2.05) is 0 Å². The van der Waals surface area contributed by atoms with Gasteiger partial charge in [0.25, 0.3) is 0 Å². The molecule has 0 fully saturated rings. The van der Waals surface area contributed by atoms with Gasteiger partial charge in [-0.25, -0.2) is 0 Å². The van der Waals surface area contributed by atoms with Crippen LogP contribution >= 0.6 is 0 Å². The third-order valence-electron chi connectivity index (χ3n) is 13.2. The van der Waals surface area contributed by atoms with Crippen molar-refractivity contribution in [2.24, 2.45) is 0 Å². The Bertz CT molecular complexity index is 3130. The van der Waals surface area contributed by atoms with Crippen molar-refractivity contribution in [1.29, 1.82) is 0 Å². The molecule has 0 saturated carbocycles. The van der Waals surface area contributed by atoms with Crippen molar-refractivity contribution in [3.8, 4) is 11.1 Å². The van der Waals surface area contributed by atoms with Gasteiger partial charge in [-0.3, -0.25) is 0 Å². The second-order valence-corrected chi connectivity index (χ2v) is 20.3. The first kappa shape index (κ1) is 37.5. The number of fused-ring (bicyclic) bond motifs is 9. The molecular weight excluding hydrogens is 741 g/mol. The summed E-state index contributed by atoms with van der Waals surface area (Å²) in [4.78, 5) is 4.95. The summed E-state index contributed by atoms with van der Waals surface area (Å²) in [6, 6.07) is 56.7. The molecule has 9 aromatic rings. The van der Waals surface area contributed by atoms with Crippen LogP contribution in [0.15, 0.2) is 156 Å². The van der Waals surface area contributed by atoms with Crippen molar-refractivity contribution in [2.45, 2.75) is 78.6 Å². The minimum Gasteiger partial charge on any atom is -0.441 e. The van der Waals surface area contributed by atoms with Gasteiger partial charge in [0.1, 0.15) is 5.58 Å². The Hall–Kier alpha value is -6.46. The smallest absolute Gasteiger partial charge is 0.336 e. The maximum absolute atomic E-state index is 6.95. The zero-order valence-corrected chi connectivity index (χ0v) is 36.8. The number of hydrogen-bond acceptors (Lipinski definition) is 3. The highest BCUT2D eigenvalue weighted by Gasteiger charge is 2.44. The molecule has 0 saturated heterocycles. The van der Waals surface area contributed by atoms with Crippen LogP contribution in [0.3, 0.4) is 0 Å². The number of para-hydroxylation sites is 3. The lowest BCUT2D eigenvalue weighted by molar-refractivity contribution is 0.590. The highest BCUT2D eigenvalue weighted by atomic mass is 16.3. The minimum absolute atomic E-state index is 0.0473. The Morgan fingerprint density at radius 2 is 1.08 bits per heavy atom.